The van der Waals surface area contributed by atoms with Crippen molar-refractivity contribution in [3.63, 3.8) is 0 Å². The summed E-state index contributed by atoms with van der Waals surface area (Å²) in [5.41, 5.74) is 14.5. The van der Waals surface area contributed by atoms with Gasteiger partial charge in [0.05, 0.1) is 33.7 Å². The second-order valence-corrected chi connectivity index (χ2v) is 15.0. The van der Waals surface area contributed by atoms with E-state index in [1.54, 1.807) is 0 Å². The van der Waals surface area contributed by atoms with Gasteiger partial charge < -0.3 is 14.0 Å². The number of hydrogen-bond donors (Lipinski definition) is 0. The fraction of sp³-hybridized carbons (Fsp3) is 0.135. The zero-order valence-electron chi connectivity index (χ0n) is 33.1. The average molecular weight is 931 g/mol. The van der Waals surface area contributed by atoms with Gasteiger partial charge in [-0.15, -0.1) is 54.1 Å². The molecule has 10 aromatic rings. The van der Waals surface area contributed by atoms with Crippen LogP contribution in [0, 0.1) is 19.1 Å². The largest absolute Gasteiger partial charge is 0.501 e. The molecule has 6 heteroatoms. The van der Waals surface area contributed by atoms with E-state index < -0.39 is 0 Å². The minimum absolute atomic E-state index is 0. The third-order valence-corrected chi connectivity index (χ3v) is 10.6. The summed E-state index contributed by atoms with van der Waals surface area (Å²) < 4.78 is 8.84. The standard InChI is InChI=1S/C35H30N3O.C17H12N.Ir/c1-20(2)23-14-10-15-24(21(3)4)33(23)38-32-22(5)36-29-18-8-6-13-27(29)31(32)37-35(38)28-17-11-16-26-25-12-7-9-19-30(25)39-34(26)28;1-3-7-14(8-4-1)16-11-12-18-17(13-16)15-9-5-2-6-10-15;/h6-16,18-21H,1-5H3;1-9,11-13H;/q2*-1;. The number of aromatic nitrogens is 4. The van der Waals surface area contributed by atoms with Crippen molar-refractivity contribution in [2.45, 2.75) is 46.5 Å². The van der Waals surface area contributed by atoms with E-state index in [-0.39, 0.29) is 20.1 Å². The summed E-state index contributed by atoms with van der Waals surface area (Å²) in [5, 5.41) is 3.21. The van der Waals surface area contributed by atoms with Crippen molar-refractivity contribution in [2.24, 2.45) is 0 Å². The molecule has 0 saturated heterocycles. The summed E-state index contributed by atoms with van der Waals surface area (Å²) >= 11 is 0. The van der Waals surface area contributed by atoms with Gasteiger partial charge in [0.1, 0.15) is 5.58 Å². The molecule has 0 saturated carbocycles. The number of aryl methyl sites for hydroxylation is 1. The van der Waals surface area contributed by atoms with Gasteiger partial charge in [0, 0.05) is 42.8 Å². The van der Waals surface area contributed by atoms with Gasteiger partial charge in [-0.1, -0.05) is 130 Å². The van der Waals surface area contributed by atoms with Crippen LogP contribution in [0.25, 0.3) is 83.3 Å². The molecule has 0 N–H and O–H groups in total. The van der Waals surface area contributed by atoms with E-state index in [0.717, 1.165) is 72.2 Å². The second kappa shape index (κ2) is 16.3. The SMILES string of the molecule is Cc1nc2ccccc2c2nc(-c3[c-]ccc4c3oc3ccccc34)n(-c3c(C(C)C)cccc3C(C)C)c12.[Ir].[c-]1ccccc1-c1cc(-c2ccccc2)ccn1. The predicted octanol–water partition coefficient (Wildman–Crippen LogP) is 13.7. The van der Waals surface area contributed by atoms with Gasteiger partial charge in [-0.05, 0) is 64.9 Å². The van der Waals surface area contributed by atoms with Crippen LogP contribution in [0.2, 0.25) is 0 Å². The van der Waals surface area contributed by atoms with Crippen LogP contribution in [0.5, 0.6) is 0 Å². The summed E-state index contributed by atoms with van der Waals surface area (Å²) in [4.78, 5) is 14.9. The van der Waals surface area contributed by atoms with Crippen molar-refractivity contribution in [1.29, 1.82) is 0 Å². The van der Waals surface area contributed by atoms with Crippen LogP contribution >= 0.6 is 0 Å². The van der Waals surface area contributed by atoms with Crippen LogP contribution < -0.4 is 0 Å². The van der Waals surface area contributed by atoms with Gasteiger partial charge in [-0.3, -0.25) is 9.97 Å². The second-order valence-electron chi connectivity index (χ2n) is 15.0. The zero-order chi connectivity index (χ0) is 39.0. The van der Waals surface area contributed by atoms with Gasteiger partial charge in [0.25, 0.3) is 0 Å². The monoisotopic (exact) mass is 931 g/mol. The molecule has 10 rings (SSSR count). The number of para-hydroxylation sites is 3. The number of nitrogens with zero attached hydrogens (tertiary/aromatic N) is 4. The number of rotatable bonds is 6. The molecule has 0 spiro atoms. The third kappa shape index (κ3) is 7.04. The Morgan fingerprint density at radius 3 is 2.07 bits per heavy atom. The number of imidazole rings is 1. The molecule has 0 aliphatic rings. The maximum absolute atomic E-state index is 6.50. The van der Waals surface area contributed by atoms with Gasteiger partial charge in [-0.2, -0.15) is 0 Å². The molecule has 0 amide bonds. The maximum atomic E-state index is 6.50. The van der Waals surface area contributed by atoms with Crippen LogP contribution in [-0.4, -0.2) is 19.5 Å². The van der Waals surface area contributed by atoms with E-state index in [2.05, 4.69) is 129 Å². The fourth-order valence-electron chi connectivity index (χ4n) is 7.90. The normalized spacial score (nSPS) is 11.4. The Hall–Kier alpha value is -6.20. The van der Waals surface area contributed by atoms with Crippen LogP contribution in [-0.2, 0) is 20.1 Å². The average Bonchev–Trinajstić information content (AvgIpc) is 3.84. The Morgan fingerprint density at radius 1 is 0.621 bits per heavy atom. The number of benzene rings is 6. The molecule has 4 heterocycles. The summed E-state index contributed by atoms with van der Waals surface area (Å²) in [6, 6.07) is 56.3. The molecule has 287 valence electrons. The van der Waals surface area contributed by atoms with E-state index in [1.807, 2.05) is 79.0 Å². The summed E-state index contributed by atoms with van der Waals surface area (Å²) in [6.45, 7) is 11.1. The Bertz CT molecular complexity index is 2960. The van der Waals surface area contributed by atoms with Gasteiger partial charge >= 0.3 is 0 Å². The first-order chi connectivity index (χ1) is 27.9. The Balaban J connectivity index is 0.000000207. The molecule has 0 unspecified atom stereocenters. The smallest absolute Gasteiger partial charge is 0.120 e. The molecule has 0 aliphatic carbocycles. The molecule has 1 radical (unpaired) electrons. The molecule has 0 fully saturated rings. The van der Waals surface area contributed by atoms with Crippen LogP contribution in [0.1, 0.15) is 56.4 Å². The first-order valence-corrected chi connectivity index (χ1v) is 19.6. The van der Waals surface area contributed by atoms with E-state index in [9.17, 15) is 0 Å². The maximum Gasteiger partial charge on any atom is 0.120 e. The van der Waals surface area contributed by atoms with Gasteiger partial charge in [0.15, 0.2) is 0 Å². The first-order valence-electron chi connectivity index (χ1n) is 19.6. The third-order valence-electron chi connectivity index (χ3n) is 10.6. The number of hydrogen-bond acceptors (Lipinski definition) is 4. The van der Waals surface area contributed by atoms with Crippen molar-refractivity contribution in [3.8, 4) is 39.5 Å². The minimum atomic E-state index is 0. The number of pyridine rings is 2. The zero-order valence-corrected chi connectivity index (χ0v) is 35.5. The van der Waals surface area contributed by atoms with Crippen molar-refractivity contribution < 1.29 is 24.5 Å². The van der Waals surface area contributed by atoms with E-state index in [4.69, 9.17) is 14.4 Å². The van der Waals surface area contributed by atoms with Gasteiger partial charge in [-0.25, -0.2) is 0 Å². The molecular weight excluding hydrogens is 889 g/mol. The van der Waals surface area contributed by atoms with Crippen molar-refractivity contribution in [1.82, 2.24) is 19.5 Å². The number of furan rings is 1. The van der Waals surface area contributed by atoms with Crippen molar-refractivity contribution in [2.75, 3.05) is 0 Å². The minimum Gasteiger partial charge on any atom is -0.501 e. The molecule has 6 aromatic carbocycles. The first kappa shape index (κ1) is 38.7. The quantitative estimate of drug-likeness (QED) is 0.156. The molecule has 4 aromatic heterocycles. The predicted molar refractivity (Wildman–Crippen MR) is 235 cm³/mol. The molecule has 0 atom stereocenters. The van der Waals surface area contributed by atoms with E-state index in [0.29, 0.717) is 11.8 Å². The molecular formula is C52H42IrN4O-2. The van der Waals surface area contributed by atoms with Crippen LogP contribution in [0.3, 0.4) is 0 Å². The summed E-state index contributed by atoms with van der Waals surface area (Å²) in [5.74, 6) is 1.47. The molecule has 0 aliphatic heterocycles. The van der Waals surface area contributed by atoms with Crippen LogP contribution in [0.15, 0.2) is 156 Å². The summed E-state index contributed by atoms with van der Waals surface area (Å²) in [6.07, 6.45) is 1.85. The van der Waals surface area contributed by atoms with E-state index in [1.165, 1.54) is 27.9 Å². The fourth-order valence-corrected chi connectivity index (χ4v) is 7.90. The summed E-state index contributed by atoms with van der Waals surface area (Å²) in [7, 11) is 0. The molecule has 58 heavy (non-hydrogen) atoms. The molecule has 0 bridgehead atoms. The Morgan fingerprint density at radius 2 is 1.33 bits per heavy atom. The molecule has 5 nitrogen and oxygen atoms in total. The van der Waals surface area contributed by atoms with E-state index >= 15 is 0 Å². The Kier molecular flexibility index (Phi) is 10.9. The van der Waals surface area contributed by atoms with Crippen molar-refractivity contribution >= 4 is 43.9 Å². The van der Waals surface area contributed by atoms with Crippen LogP contribution in [0.4, 0.5) is 0 Å². The Labute approximate surface area is 352 Å². The topological polar surface area (TPSA) is 56.7 Å². The van der Waals surface area contributed by atoms with Gasteiger partial charge in [0.2, 0.25) is 0 Å². The van der Waals surface area contributed by atoms with Crippen molar-refractivity contribution in [3.05, 3.63) is 181 Å². The number of fused-ring (bicyclic) bond motifs is 6.